The summed E-state index contributed by atoms with van der Waals surface area (Å²) in [6.45, 7) is 0. The van der Waals surface area contributed by atoms with Gasteiger partial charge in [-0.3, -0.25) is 4.98 Å². The molecule has 4 rings (SSSR count). The molecule has 3 nitrogen and oxygen atoms in total. The molecule has 0 radical (unpaired) electrons. The van der Waals surface area contributed by atoms with Crippen molar-refractivity contribution in [2.24, 2.45) is 0 Å². The topological polar surface area (TPSA) is 35.0 Å². The average molecular weight is 238 g/mol. The Morgan fingerprint density at radius 2 is 2.22 bits per heavy atom. The highest BCUT2D eigenvalue weighted by molar-refractivity contribution is 5.74. The van der Waals surface area contributed by atoms with Crippen molar-refractivity contribution in [2.45, 2.75) is 31.8 Å². The van der Waals surface area contributed by atoms with Crippen LogP contribution >= 0.6 is 0 Å². The summed E-state index contributed by atoms with van der Waals surface area (Å²) in [7, 11) is 0. The van der Waals surface area contributed by atoms with Crippen LogP contribution in [0.1, 0.15) is 25.7 Å². The van der Waals surface area contributed by atoms with Gasteiger partial charge in [-0.25, -0.2) is 4.98 Å². The number of aromatic nitrogens is 2. The minimum absolute atomic E-state index is 0.257. The summed E-state index contributed by atoms with van der Waals surface area (Å²) in [6, 6.07) is 6.04. The lowest BCUT2D eigenvalue weighted by Crippen LogP contribution is -2.39. The van der Waals surface area contributed by atoms with E-state index in [9.17, 15) is 0 Å². The van der Waals surface area contributed by atoms with E-state index >= 15 is 0 Å². The minimum atomic E-state index is 0.257. The lowest BCUT2D eigenvalue weighted by atomic mass is 9.90. The summed E-state index contributed by atoms with van der Waals surface area (Å²) in [6.07, 6.45) is 8.66. The van der Waals surface area contributed by atoms with E-state index in [2.05, 4.69) is 11.1 Å². The molecule has 18 heavy (non-hydrogen) atoms. The van der Waals surface area contributed by atoms with E-state index in [-0.39, 0.29) is 6.10 Å². The first-order valence-corrected chi connectivity index (χ1v) is 6.52. The number of hydrogen-bond donors (Lipinski definition) is 0. The van der Waals surface area contributed by atoms with Gasteiger partial charge in [-0.05, 0) is 49.5 Å². The number of ether oxygens (including phenoxy) is 1. The molecule has 1 fully saturated rings. The maximum atomic E-state index is 5.83. The van der Waals surface area contributed by atoms with Crippen LogP contribution in [0.5, 0.6) is 0 Å². The number of pyridine rings is 2. The van der Waals surface area contributed by atoms with Gasteiger partial charge in [-0.2, -0.15) is 0 Å². The number of hydrogen-bond acceptors (Lipinski definition) is 3. The van der Waals surface area contributed by atoms with Gasteiger partial charge in [0.2, 0.25) is 0 Å². The van der Waals surface area contributed by atoms with E-state index in [4.69, 9.17) is 9.72 Å². The normalized spacial score (nSPS) is 21.8. The molecule has 1 aliphatic carbocycles. The number of fused-ring (bicyclic) bond motifs is 3. The molecule has 1 saturated carbocycles. The second kappa shape index (κ2) is 3.80. The van der Waals surface area contributed by atoms with Crippen LogP contribution < -0.4 is 10.6 Å². The minimum Gasteiger partial charge on any atom is -0.493 e. The van der Waals surface area contributed by atoms with Crippen molar-refractivity contribution in [3.8, 4) is 0 Å². The van der Waals surface area contributed by atoms with Crippen LogP contribution in [0.25, 0.3) is 22.9 Å². The van der Waals surface area contributed by atoms with Gasteiger partial charge in [0.25, 0.3) is 0 Å². The highest BCUT2D eigenvalue weighted by atomic mass is 16.5. The molecular formula is C15H14N2O. The molecule has 0 amide bonds. The molecule has 2 aromatic heterocycles. The van der Waals surface area contributed by atoms with Crippen LogP contribution in [0.3, 0.4) is 0 Å². The van der Waals surface area contributed by atoms with E-state index < -0.39 is 0 Å². The van der Waals surface area contributed by atoms with Crippen LogP contribution in [0, 0.1) is 0 Å². The monoisotopic (exact) mass is 238 g/mol. The SMILES string of the molecule is C1=c2cc3ncccc3nc2=C2CCCCC2O1. The van der Waals surface area contributed by atoms with Gasteiger partial charge < -0.3 is 4.74 Å². The predicted octanol–water partition coefficient (Wildman–Crippen LogP) is 1.49. The average Bonchev–Trinajstić information content (AvgIpc) is 2.45. The first kappa shape index (κ1) is 10.1. The van der Waals surface area contributed by atoms with Crippen LogP contribution in [0.15, 0.2) is 24.4 Å². The highest BCUT2D eigenvalue weighted by Crippen LogP contribution is 2.27. The van der Waals surface area contributed by atoms with Crippen molar-refractivity contribution in [1.82, 2.24) is 9.97 Å². The van der Waals surface area contributed by atoms with Gasteiger partial charge in [0, 0.05) is 11.4 Å². The summed E-state index contributed by atoms with van der Waals surface area (Å²) in [5.74, 6) is 0. The molecular weight excluding hydrogens is 224 g/mol. The zero-order chi connectivity index (χ0) is 11.9. The van der Waals surface area contributed by atoms with Crippen LogP contribution in [-0.2, 0) is 4.74 Å². The van der Waals surface area contributed by atoms with E-state index in [1.807, 2.05) is 18.4 Å². The smallest absolute Gasteiger partial charge is 0.121 e. The van der Waals surface area contributed by atoms with Gasteiger partial charge in [-0.15, -0.1) is 0 Å². The van der Waals surface area contributed by atoms with Crippen LogP contribution in [0.4, 0.5) is 0 Å². The van der Waals surface area contributed by atoms with Gasteiger partial charge >= 0.3 is 0 Å². The maximum Gasteiger partial charge on any atom is 0.121 e. The third-order valence-corrected chi connectivity index (χ3v) is 3.83. The quantitative estimate of drug-likeness (QED) is 0.697. The molecule has 0 saturated heterocycles. The third kappa shape index (κ3) is 1.43. The Bertz CT molecular complexity index is 736. The van der Waals surface area contributed by atoms with Crippen molar-refractivity contribution < 1.29 is 4.74 Å². The van der Waals surface area contributed by atoms with Crippen molar-refractivity contribution in [3.63, 3.8) is 0 Å². The molecule has 3 heteroatoms. The fraction of sp³-hybridized carbons (Fsp3) is 0.333. The molecule has 1 atom stereocenters. The van der Waals surface area contributed by atoms with Gasteiger partial charge in [-0.1, -0.05) is 0 Å². The first-order valence-electron chi connectivity index (χ1n) is 6.52. The Balaban J connectivity index is 2.09. The summed E-state index contributed by atoms with van der Waals surface area (Å²) >= 11 is 0. The van der Waals surface area contributed by atoms with Gasteiger partial charge in [0.15, 0.2) is 0 Å². The first-order chi connectivity index (χ1) is 8.92. The lowest BCUT2D eigenvalue weighted by Gasteiger charge is -2.26. The molecule has 0 spiro atoms. The molecule has 2 aliphatic rings. The van der Waals surface area contributed by atoms with Crippen molar-refractivity contribution in [2.75, 3.05) is 0 Å². The zero-order valence-electron chi connectivity index (χ0n) is 10.1. The Morgan fingerprint density at radius 3 is 3.22 bits per heavy atom. The van der Waals surface area contributed by atoms with Crippen molar-refractivity contribution in [3.05, 3.63) is 35.0 Å². The molecule has 1 aliphatic heterocycles. The molecule has 1 unspecified atom stereocenters. The molecule has 0 N–H and O–H groups in total. The maximum absolute atomic E-state index is 5.83. The Labute approximate surface area is 105 Å². The lowest BCUT2D eigenvalue weighted by molar-refractivity contribution is 0.200. The van der Waals surface area contributed by atoms with E-state index in [1.54, 1.807) is 6.20 Å². The molecule has 0 aromatic carbocycles. The van der Waals surface area contributed by atoms with E-state index in [1.165, 1.54) is 18.4 Å². The Morgan fingerprint density at radius 1 is 1.22 bits per heavy atom. The van der Waals surface area contributed by atoms with Gasteiger partial charge in [0.1, 0.15) is 6.10 Å². The largest absolute Gasteiger partial charge is 0.493 e. The standard InChI is InChI=1S/C15H14N2O/c1-2-6-14-11(4-1)15-10(9-18-14)8-13-12(17-15)5-3-7-16-13/h3,5,7-9,14H,1-2,4,6H2. The van der Waals surface area contributed by atoms with Crippen molar-refractivity contribution in [1.29, 1.82) is 0 Å². The molecule has 3 heterocycles. The summed E-state index contributed by atoms with van der Waals surface area (Å²) in [4.78, 5) is 9.14. The van der Waals surface area contributed by atoms with Crippen LogP contribution in [-0.4, -0.2) is 16.1 Å². The fourth-order valence-corrected chi connectivity index (χ4v) is 2.92. The van der Waals surface area contributed by atoms with Gasteiger partial charge in [0.05, 0.1) is 22.6 Å². The highest BCUT2D eigenvalue weighted by Gasteiger charge is 2.23. The van der Waals surface area contributed by atoms with E-state index in [0.717, 1.165) is 34.4 Å². The summed E-state index contributed by atoms with van der Waals surface area (Å²) < 4.78 is 5.83. The third-order valence-electron chi connectivity index (χ3n) is 3.83. The Kier molecular flexibility index (Phi) is 2.13. The molecule has 0 bridgehead atoms. The second-order valence-corrected chi connectivity index (χ2v) is 4.98. The summed E-state index contributed by atoms with van der Waals surface area (Å²) in [5, 5.41) is 2.21. The molecule has 2 aromatic rings. The van der Waals surface area contributed by atoms with Crippen molar-refractivity contribution >= 4 is 22.9 Å². The number of nitrogens with zero attached hydrogens (tertiary/aromatic N) is 2. The Hall–Kier alpha value is -1.90. The number of rotatable bonds is 0. The predicted molar refractivity (Wildman–Crippen MR) is 70.0 cm³/mol. The fourth-order valence-electron chi connectivity index (χ4n) is 2.92. The molecule has 90 valence electrons. The second-order valence-electron chi connectivity index (χ2n) is 4.98. The zero-order valence-corrected chi connectivity index (χ0v) is 10.1. The summed E-state index contributed by atoms with van der Waals surface area (Å²) in [5.41, 5.74) is 3.29. The van der Waals surface area contributed by atoms with Crippen LogP contribution in [0.2, 0.25) is 0 Å². The van der Waals surface area contributed by atoms with E-state index in [0.29, 0.717) is 0 Å².